The van der Waals surface area contributed by atoms with Crippen LogP contribution in [0.25, 0.3) is 11.1 Å². The highest BCUT2D eigenvalue weighted by Gasteiger charge is 2.34. The smallest absolute Gasteiger partial charge is 0.259 e. The predicted octanol–water partition coefficient (Wildman–Crippen LogP) is 2.89. The van der Waals surface area contributed by atoms with Gasteiger partial charge in [-0.25, -0.2) is 4.98 Å². The summed E-state index contributed by atoms with van der Waals surface area (Å²) in [6.45, 7) is 5.68. The van der Waals surface area contributed by atoms with E-state index in [0.717, 1.165) is 23.2 Å². The van der Waals surface area contributed by atoms with Crippen molar-refractivity contribution in [1.29, 1.82) is 0 Å². The maximum absolute atomic E-state index is 13.6. The number of aromatic nitrogens is 3. The van der Waals surface area contributed by atoms with E-state index in [0.29, 0.717) is 24.5 Å². The SMILES string of the molecule is C[C@@H]1CN([C@H](C)CO)C(=O)c2cc(-c3ccncc3)cnc2O[C@H]1CN(C)Cc1cccnc1. The van der Waals surface area contributed by atoms with Gasteiger partial charge in [0.2, 0.25) is 5.88 Å². The van der Waals surface area contributed by atoms with E-state index in [1.54, 1.807) is 29.7 Å². The second-order valence-corrected chi connectivity index (χ2v) is 8.99. The number of aliphatic hydroxyl groups excluding tert-OH is 1. The molecule has 1 aliphatic heterocycles. The molecule has 1 amide bonds. The molecule has 1 aliphatic rings. The minimum Gasteiger partial charge on any atom is -0.472 e. The van der Waals surface area contributed by atoms with Gasteiger partial charge in [-0.2, -0.15) is 0 Å². The Bertz CT molecular complexity index is 1100. The normalized spacial score (nSPS) is 19.2. The molecule has 3 aromatic heterocycles. The van der Waals surface area contributed by atoms with Crippen LogP contribution in [0.1, 0.15) is 29.8 Å². The van der Waals surface area contributed by atoms with Gasteiger partial charge in [0, 0.05) is 62.1 Å². The van der Waals surface area contributed by atoms with Gasteiger partial charge in [-0.1, -0.05) is 13.0 Å². The standard InChI is InChI=1S/C26H31N5O3/c1-18-14-31(19(2)17-32)26(33)23-11-22(21-6-9-27-10-7-21)13-29-25(23)34-24(18)16-30(3)15-20-5-4-8-28-12-20/h4-13,18-19,24,32H,14-17H2,1-3H3/t18-,19-,24+/m1/s1. The number of aliphatic hydroxyl groups is 1. The van der Waals surface area contributed by atoms with Gasteiger partial charge < -0.3 is 14.7 Å². The lowest BCUT2D eigenvalue weighted by Crippen LogP contribution is -2.49. The number of hydrogen-bond acceptors (Lipinski definition) is 7. The zero-order valence-electron chi connectivity index (χ0n) is 19.8. The van der Waals surface area contributed by atoms with Gasteiger partial charge in [-0.05, 0) is 49.4 Å². The zero-order chi connectivity index (χ0) is 24.1. The maximum atomic E-state index is 13.6. The van der Waals surface area contributed by atoms with Crippen LogP contribution >= 0.6 is 0 Å². The lowest BCUT2D eigenvalue weighted by atomic mass is 9.99. The summed E-state index contributed by atoms with van der Waals surface area (Å²) in [7, 11) is 2.04. The Morgan fingerprint density at radius 1 is 1.18 bits per heavy atom. The van der Waals surface area contributed by atoms with E-state index in [2.05, 4.69) is 26.8 Å². The van der Waals surface area contributed by atoms with Gasteiger partial charge in [-0.3, -0.25) is 19.7 Å². The molecular formula is C26H31N5O3. The first-order valence-electron chi connectivity index (χ1n) is 11.5. The third-order valence-corrected chi connectivity index (χ3v) is 6.20. The molecule has 0 unspecified atom stereocenters. The topological polar surface area (TPSA) is 91.7 Å². The Morgan fingerprint density at radius 2 is 1.97 bits per heavy atom. The van der Waals surface area contributed by atoms with Crippen molar-refractivity contribution in [2.75, 3.05) is 26.7 Å². The van der Waals surface area contributed by atoms with E-state index in [1.165, 1.54) is 0 Å². The summed E-state index contributed by atoms with van der Waals surface area (Å²) in [4.78, 5) is 30.3. The van der Waals surface area contributed by atoms with Gasteiger partial charge in [0.25, 0.3) is 5.91 Å². The number of fused-ring (bicyclic) bond motifs is 1. The molecule has 4 heterocycles. The molecule has 0 bridgehead atoms. The third-order valence-electron chi connectivity index (χ3n) is 6.20. The van der Waals surface area contributed by atoms with Crippen molar-refractivity contribution in [3.8, 4) is 17.0 Å². The van der Waals surface area contributed by atoms with Crippen LogP contribution in [-0.2, 0) is 6.54 Å². The largest absolute Gasteiger partial charge is 0.472 e. The van der Waals surface area contributed by atoms with Crippen molar-refractivity contribution >= 4 is 5.91 Å². The summed E-state index contributed by atoms with van der Waals surface area (Å²) in [6.07, 6.45) is 8.58. The molecule has 8 heteroatoms. The van der Waals surface area contributed by atoms with E-state index in [-0.39, 0.29) is 30.6 Å². The molecule has 0 aliphatic carbocycles. The quantitative estimate of drug-likeness (QED) is 0.578. The van der Waals surface area contributed by atoms with Crippen LogP contribution in [0, 0.1) is 5.92 Å². The monoisotopic (exact) mass is 461 g/mol. The molecule has 34 heavy (non-hydrogen) atoms. The van der Waals surface area contributed by atoms with Crippen molar-refractivity contribution in [1.82, 2.24) is 24.8 Å². The Morgan fingerprint density at radius 3 is 2.68 bits per heavy atom. The number of rotatable bonds is 7. The first-order chi connectivity index (χ1) is 16.5. The van der Waals surface area contributed by atoms with Crippen molar-refractivity contribution < 1.29 is 14.6 Å². The van der Waals surface area contributed by atoms with E-state index >= 15 is 0 Å². The fourth-order valence-electron chi connectivity index (χ4n) is 4.20. The Kier molecular flexibility index (Phi) is 7.49. The summed E-state index contributed by atoms with van der Waals surface area (Å²) in [6, 6.07) is 9.24. The summed E-state index contributed by atoms with van der Waals surface area (Å²) in [5, 5.41) is 9.85. The zero-order valence-corrected chi connectivity index (χ0v) is 19.8. The molecule has 3 atom stereocenters. The lowest BCUT2D eigenvalue weighted by Gasteiger charge is -2.37. The Balaban J connectivity index is 1.65. The van der Waals surface area contributed by atoms with Crippen LogP contribution in [0.2, 0.25) is 0 Å². The summed E-state index contributed by atoms with van der Waals surface area (Å²) < 4.78 is 6.39. The highest BCUT2D eigenvalue weighted by Crippen LogP contribution is 2.30. The summed E-state index contributed by atoms with van der Waals surface area (Å²) >= 11 is 0. The number of nitrogens with zero attached hydrogens (tertiary/aromatic N) is 5. The van der Waals surface area contributed by atoms with Crippen LogP contribution in [0.4, 0.5) is 0 Å². The number of hydrogen-bond donors (Lipinski definition) is 1. The first-order valence-corrected chi connectivity index (χ1v) is 11.5. The van der Waals surface area contributed by atoms with Gasteiger partial charge in [0.1, 0.15) is 11.7 Å². The van der Waals surface area contributed by atoms with Gasteiger partial charge >= 0.3 is 0 Å². The first kappa shape index (κ1) is 23.8. The predicted molar refractivity (Wildman–Crippen MR) is 129 cm³/mol. The van der Waals surface area contributed by atoms with Crippen LogP contribution in [-0.4, -0.2) is 74.7 Å². The fraction of sp³-hybridized carbons (Fsp3) is 0.385. The average Bonchev–Trinajstić information content (AvgIpc) is 2.86. The van der Waals surface area contributed by atoms with Gasteiger partial charge in [0.05, 0.1) is 12.6 Å². The Labute approximate surface area is 200 Å². The average molecular weight is 462 g/mol. The van der Waals surface area contributed by atoms with E-state index in [9.17, 15) is 9.90 Å². The number of pyridine rings is 3. The van der Waals surface area contributed by atoms with Gasteiger partial charge in [0.15, 0.2) is 0 Å². The number of carbonyl (C=O) groups is 1. The molecule has 0 fully saturated rings. The maximum Gasteiger partial charge on any atom is 0.259 e. The van der Waals surface area contributed by atoms with E-state index in [4.69, 9.17) is 4.74 Å². The molecule has 8 nitrogen and oxygen atoms in total. The van der Waals surface area contributed by atoms with Crippen molar-refractivity contribution in [3.63, 3.8) is 0 Å². The fourth-order valence-corrected chi connectivity index (χ4v) is 4.20. The molecular weight excluding hydrogens is 430 g/mol. The highest BCUT2D eigenvalue weighted by atomic mass is 16.5. The molecule has 0 spiro atoms. The second kappa shape index (κ2) is 10.7. The molecule has 1 N–H and O–H groups in total. The summed E-state index contributed by atoms with van der Waals surface area (Å²) in [5.74, 6) is 0.169. The number of carbonyl (C=O) groups excluding carboxylic acids is 1. The Hall–Kier alpha value is -3.36. The molecule has 0 saturated carbocycles. The minimum atomic E-state index is -0.320. The van der Waals surface area contributed by atoms with Crippen LogP contribution in [0.15, 0.2) is 61.3 Å². The van der Waals surface area contributed by atoms with Crippen LogP contribution in [0.3, 0.4) is 0 Å². The lowest BCUT2D eigenvalue weighted by molar-refractivity contribution is 0.0325. The number of ether oxygens (including phenoxy) is 1. The molecule has 4 rings (SSSR count). The number of likely N-dealkylation sites (N-methyl/N-ethyl adjacent to an activating group) is 1. The molecule has 178 valence electrons. The third kappa shape index (κ3) is 5.40. The van der Waals surface area contributed by atoms with E-state index in [1.807, 2.05) is 50.5 Å². The van der Waals surface area contributed by atoms with Crippen LogP contribution < -0.4 is 4.74 Å². The molecule has 0 aromatic carbocycles. The number of amides is 1. The molecule has 0 saturated heterocycles. The van der Waals surface area contributed by atoms with Crippen molar-refractivity contribution in [2.45, 2.75) is 32.5 Å². The van der Waals surface area contributed by atoms with Crippen LogP contribution in [0.5, 0.6) is 5.88 Å². The van der Waals surface area contributed by atoms with Crippen molar-refractivity contribution in [2.24, 2.45) is 5.92 Å². The second-order valence-electron chi connectivity index (χ2n) is 8.99. The van der Waals surface area contributed by atoms with Gasteiger partial charge in [-0.15, -0.1) is 0 Å². The van der Waals surface area contributed by atoms with E-state index < -0.39 is 0 Å². The molecule has 0 radical (unpaired) electrons. The highest BCUT2D eigenvalue weighted by molar-refractivity contribution is 5.98. The minimum absolute atomic E-state index is 0.0316. The summed E-state index contributed by atoms with van der Waals surface area (Å²) in [5.41, 5.74) is 3.26. The van der Waals surface area contributed by atoms with Crippen molar-refractivity contribution in [3.05, 3.63) is 72.4 Å². The molecule has 3 aromatic rings.